The molecule has 1 aromatic carbocycles. The van der Waals surface area contributed by atoms with Gasteiger partial charge >= 0.3 is 12.1 Å². The van der Waals surface area contributed by atoms with Crippen molar-refractivity contribution < 1.29 is 37.0 Å². The molecular formula is C31H31F4N3O5. The Labute approximate surface area is 244 Å². The third-order valence-electron chi connectivity index (χ3n) is 9.15. The molecule has 3 aliphatic rings. The summed E-state index contributed by atoms with van der Waals surface area (Å²) in [6.07, 6.45) is -4.33. The largest absolute Gasteiger partial charge is 0.458 e. The van der Waals surface area contributed by atoms with Crippen LogP contribution in [0.1, 0.15) is 80.0 Å². The number of carbonyl (C=O) groups excluding carboxylic acids is 2. The molecule has 0 saturated carbocycles. The first-order valence-electron chi connectivity index (χ1n) is 14.2. The van der Waals surface area contributed by atoms with E-state index in [0.717, 1.165) is 0 Å². The van der Waals surface area contributed by atoms with Crippen molar-refractivity contribution in [1.82, 2.24) is 14.9 Å². The van der Waals surface area contributed by atoms with Crippen LogP contribution in [0.3, 0.4) is 0 Å². The summed E-state index contributed by atoms with van der Waals surface area (Å²) < 4.78 is 63.9. The Morgan fingerprint density at radius 3 is 2.53 bits per heavy atom. The van der Waals surface area contributed by atoms with E-state index in [1.165, 1.54) is 37.5 Å². The van der Waals surface area contributed by atoms with E-state index in [1.807, 2.05) is 0 Å². The minimum atomic E-state index is -4.79. The molecule has 0 fully saturated rings. The van der Waals surface area contributed by atoms with Gasteiger partial charge in [-0.1, -0.05) is 27.7 Å². The zero-order chi connectivity index (χ0) is 31.4. The topological polar surface area (TPSA) is 111 Å². The second-order valence-electron chi connectivity index (χ2n) is 12.8. The van der Waals surface area contributed by atoms with Crippen molar-refractivity contribution in [3.8, 4) is 11.4 Å². The fourth-order valence-corrected chi connectivity index (χ4v) is 6.99. The molecule has 3 aromatic rings. The number of nitrogens with zero attached hydrogens (tertiary/aromatic N) is 2. The number of nitrogens with one attached hydrogen (secondary N) is 1. The average Bonchev–Trinajstić information content (AvgIpc) is 3.27. The molecule has 228 valence electrons. The standard InChI is InChI=1S/C31H31F4N3O5/c1-6-30(42)17-9-21-24-15(11-38(21)27(40)16(17)12-43-28(30)41)23-19(37-26(39)25(29(3,4)5)31(33,34)35)8-7-14-13(2)18(32)10-20(36-24)22(14)23/h9-10,19,25,42H,6-8,11-12H2,1-5H3,(H,37,39)/t19-,25?,30-/m0/s1. The first kappa shape index (κ1) is 29.3. The van der Waals surface area contributed by atoms with Gasteiger partial charge in [-0.2, -0.15) is 13.2 Å². The second-order valence-corrected chi connectivity index (χ2v) is 12.8. The normalized spacial score (nSPS) is 21.6. The zero-order valence-corrected chi connectivity index (χ0v) is 24.3. The predicted octanol–water partition coefficient (Wildman–Crippen LogP) is 4.86. The summed E-state index contributed by atoms with van der Waals surface area (Å²) in [7, 11) is 0. The van der Waals surface area contributed by atoms with E-state index in [1.54, 1.807) is 13.8 Å². The predicted molar refractivity (Wildman–Crippen MR) is 147 cm³/mol. The molecule has 3 atom stereocenters. The van der Waals surface area contributed by atoms with Crippen LogP contribution in [0.5, 0.6) is 0 Å². The Hall–Kier alpha value is -3.80. The number of aryl methyl sites for hydroxylation is 1. The number of halogens is 4. The lowest BCUT2D eigenvalue weighted by molar-refractivity contribution is -0.202. The number of hydrogen-bond donors (Lipinski definition) is 2. The molecule has 2 aromatic heterocycles. The maximum Gasteiger partial charge on any atom is 0.400 e. The molecule has 0 saturated heterocycles. The van der Waals surface area contributed by atoms with Gasteiger partial charge in [0.2, 0.25) is 5.91 Å². The zero-order valence-electron chi connectivity index (χ0n) is 24.3. The Bertz CT molecular complexity index is 1790. The lowest BCUT2D eigenvalue weighted by Gasteiger charge is -2.35. The third kappa shape index (κ3) is 4.20. The van der Waals surface area contributed by atoms with E-state index in [4.69, 9.17) is 9.72 Å². The van der Waals surface area contributed by atoms with Gasteiger partial charge in [0.25, 0.3) is 5.56 Å². The number of hydrogen-bond acceptors (Lipinski definition) is 6. The molecule has 2 N–H and O–H groups in total. The molecule has 1 unspecified atom stereocenters. The van der Waals surface area contributed by atoms with Crippen molar-refractivity contribution in [1.29, 1.82) is 0 Å². The highest BCUT2D eigenvalue weighted by Crippen LogP contribution is 2.47. The molecule has 43 heavy (non-hydrogen) atoms. The van der Waals surface area contributed by atoms with Crippen LogP contribution in [-0.4, -0.2) is 32.7 Å². The molecule has 0 bridgehead atoms. The maximum absolute atomic E-state index is 15.1. The molecule has 4 heterocycles. The third-order valence-corrected chi connectivity index (χ3v) is 9.15. The molecule has 1 amide bonds. The van der Waals surface area contributed by atoms with Crippen molar-refractivity contribution in [3.05, 3.63) is 61.7 Å². The Morgan fingerprint density at radius 2 is 1.91 bits per heavy atom. The van der Waals surface area contributed by atoms with Crippen molar-refractivity contribution >= 4 is 22.8 Å². The van der Waals surface area contributed by atoms with Crippen LogP contribution in [-0.2, 0) is 39.5 Å². The summed E-state index contributed by atoms with van der Waals surface area (Å²) in [5.41, 5.74) is -0.937. The van der Waals surface area contributed by atoms with Crippen LogP contribution in [0.25, 0.3) is 22.3 Å². The number of rotatable bonds is 3. The molecule has 6 rings (SSSR count). The van der Waals surface area contributed by atoms with E-state index in [0.29, 0.717) is 34.1 Å². The van der Waals surface area contributed by atoms with Gasteiger partial charge in [0.05, 0.1) is 35.1 Å². The Morgan fingerprint density at radius 1 is 1.21 bits per heavy atom. The number of alkyl halides is 3. The number of fused-ring (bicyclic) bond motifs is 5. The van der Waals surface area contributed by atoms with Gasteiger partial charge in [-0.15, -0.1) is 0 Å². The van der Waals surface area contributed by atoms with Crippen molar-refractivity contribution in [2.75, 3.05) is 0 Å². The number of benzene rings is 1. The van der Waals surface area contributed by atoms with Gasteiger partial charge in [0.1, 0.15) is 18.3 Å². The first-order chi connectivity index (χ1) is 20.0. The van der Waals surface area contributed by atoms with Crippen molar-refractivity contribution in [2.45, 2.75) is 84.9 Å². The summed E-state index contributed by atoms with van der Waals surface area (Å²) in [6, 6.07) is 1.89. The molecule has 1 aliphatic carbocycles. The highest BCUT2D eigenvalue weighted by atomic mass is 19.4. The monoisotopic (exact) mass is 601 g/mol. The second kappa shape index (κ2) is 9.35. The number of amides is 1. The van der Waals surface area contributed by atoms with Gasteiger partial charge in [-0.3, -0.25) is 9.59 Å². The van der Waals surface area contributed by atoms with Crippen LogP contribution in [0, 0.1) is 24.1 Å². The number of aromatic nitrogens is 2. The van der Waals surface area contributed by atoms with E-state index in [-0.39, 0.29) is 54.0 Å². The summed E-state index contributed by atoms with van der Waals surface area (Å²) in [6.45, 7) is 6.92. The van der Waals surface area contributed by atoms with E-state index in [9.17, 15) is 32.7 Å². The molecule has 2 aliphatic heterocycles. The smallest absolute Gasteiger partial charge is 0.400 e. The summed E-state index contributed by atoms with van der Waals surface area (Å²) in [5.74, 6) is -4.83. The fourth-order valence-electron chi connectivity index (χ4n) is 6.99. The minimum absolute atomic E-state index is 0.0161. The quantitative estimate of drug-likeness (QED) is 0.257. The van der Waals surface area contributed by atoms with Crippen LogP contribution >= 0.6 is 0 Å². The van der Waals surface area contributed by atoms with Gasteiger partial charge in [-0.05, 0) is 54.4 Å². The molecule has 0 spiro atoms. The van der Waals surface area contributed by atoms with Gasteiger partial charge in [-0.25, -0.2) is 14.2 Å². The summed E-state index contributed by atoms with van der Waals surface area (Å²) in [4.78, 5) is 44.3. The van der Waals surface area contributed by atoms with Crippen LogP contribution in [0.4, 0.5) is 17.6 Å². The van der Waals surface area contributed by atoms with Crippen molar-refractivity contribution in [2.24, 2.45) is 11.3 Å². The average molecular weight is 602 g/mol. The van der Waals surface area contributed by atoms with Crippen molar-refractivity contribution in [3.63, 3.8) is 0 Å². The number of pyridine rings is 2. The van der Waals surface area contributed by atoms with Gasteiger partial charge in [0.15, 0.2) is 5.60 Å². The fraction of sp³-hybridized carbons (Fsp3) is 0.484. The Balaban J connectivity index is 1.58. The number of cyclic esters (lactones) is 1. The summed E-state index contributed by atoms with van der Waals surface area (Å²) in [5, 5.41) is 14.4. The van der Waals surface area contributed by atoms with Crippen LogP contribution in [0.15, 0.2) is 16.9 Å². The highest BCUT2D eigenvalue weighted by molar-refractivity contribution is 5.94. The SMILES string of the molecule is CC[C@@]1(O)C(=O)OCc2c1cc1n(c2=O)Cc2c-1nc1cc(F)c(C)c3c1c2[C@@H](NC(=O)C(C(C)(C)C)C(F)(F)F)CC3. The number of carbonyl (C=O) groups is 2. The van der Waals surface area contributed by atoms with Gasteiger partial charge < -0.3 is 19.7 Å². The van der Waals surface area contributed by atoms with Crippen LogP contribution in [0.2, 0.25) is 0 Å². The molecular weight excluding hydrogens is 570 g/mol. The van der Waals surface area contributed by atoms with E-state index < -0.39 is 52.4 Å². The molecule has 0 radical (unpaired) electrons. The van der Waals surface area contributed by atoms with Crippen LogP contribution < -0.4 is 10.9 Å². The number of ether oxygens (including phenoxy) is 1. The van der Waals surface area contributed by atoms with E-state index >= 15 is 4.39 Å². The Kier molecular flexibility index (Phi) is 6.37. The minimum Gasteiger partial charge on any atom is -0.458 e. The highest BCUT2D eigenvalue weighted by Gasteiger charge is 2.52. The lowest BCUT2D eigenvalue weighted by Crippen LogP contribution is -2.47. The molecule has 8 nitrogen and oxygen atoms in total. The maximum atomic E-state index is 15.1. The number of aliphatic hydroxyl groups is 1. The first-order valence-corrected chi connectivity index (χ1v) is 14.2. The molecule has 12 heteroatoms. The van der Waals surface area contributed by atoms with E-state index in [2.05, 4.69) is 5.32 Å². The lowest BCUT2D eigenvalue weighted by atomic mass is 9.78. The summed E-state index contributed by atoms with van der Waals surface area (Å²) >= 11 is 0. The van der Waals surface area contributed by atoms with Gasteiger partial charge in [0, 0.05) is 22.6 Å². The number of esters is 1.